The Morgan fingerprint density at radius 1 is 1.10 bits per heavy atom. The van der Waals surface area contributed by atoms with E-state index in [9.17, 15) is 14.7 Å². The van der Waals surface area contributed by atoms with Crippen LogP contribution in [0.5, 0.6) is 0 Å². The largest absolute Gasteiger partial charge is 0.467 e. The maximum atomic E-state index is 12.9. The molecule has 3 fully saturated rings. The van der Waals surface area contributed by atoms with Crippen molar-refractivity contribution in [1.82, 2.24) is 9.80 Å². The molecule has 9 heteroatoms. The van der Waals surface area contributed by atoms with E-state index in [1.807, 2.05) is 27.7 Å². The molecule has 0 saturated carbocycles. The first-order valence-corrected chi connectivity index (χ1v) is 11.7. The summed E-state index contributed by atoms with van der Waals surface area (Å²) < 4.78 is 17.3. The fraction of sp³-hybridized carbons (Fsp3) is 0.909. The number of carboxylic acid groups (broad SMARTS) is 1. The highest BCUT2D eigenvalue weighted by Gasteiger charge is 2.55. The fourth-order valence-corrected chi connectivity index (χ4v) is 5.24. The number of amides is 1. The van der Waals surface area contributed by atoms with Gasteiger partial charge in [-0.1, -0.05) is 12.8 Å². The van der Waals surface area contributed by atoms with Crippen molar-refractivity contribution in [2.75, 3.05) is 33.3 Å². The van der Waals surface area contributed by atoms with Crippen molar-refractivity contribution in [2.24, 2.45) is 5.92 Å². The second-order valence-corrected chi connectivity index (χ2v) is 10.4. The number of rotatable bonds is 7. The van der Waals surface area contributed by atoms with E-state index >= 15 is 0 Å². The van der Waals surface area contributed by atoms with E-state index in [-0.39, 0.29) is 24.2 Å². The molecule has 1 amide bonds. The molecule has 8 nitrogen and oxygen atoms in total. The maximum absolute atomic E-state index is 12.9. The number of likely N-dealkylation sites (tertiary alicyclic amines) is 2. The third-order valence-electron chi connectivity index (χ3n) is 7.78. The van der Waals surface area contributed by atoms with Crippen LogP contribution in [0.1, 0.15) is 66.2 Å². The number of hydrogen-bond donors (Lipinski definition) is 1. The Balaban J connectivity index is 1.67. The van der Waals surface area contributed by atoms with Crippen molar-refractivity contribution < 1.29 is 28.7 Å². The molecule has 3 heterocycles. The van der Waals surface area contributed by atoms with Gasteiger partial charge >= 0.3 is 19.2 Å². The van der Waals surface area contributed by atoms with Gasteiger partial charge in [-0.3, -0.25) is 4.90 Å². The smallest absolute Gasteiger partial charge is 0.457 e. The van der Waals surface area contributed by atoms with Crippen LogP contribution >= 0.6 is 0 Å². The van der Waals surface area contributed by atoms with E-state index in [2.05, 4.69) is 4.90 Å². The number of ether oxygens (including phenoxy) is 1. The normalized spacial score (nSPS) is 30.5. The molecular formula is C22H39BN2O6. The van der Waals surface area contributed by atoms with Crippen LogP contribution in [0.15, 0.2) is 0 Å². The number of carbonyl (C=O) groups is 2. The van der Waals surface area contributed by atoms with Gasteiger partial charge in [0.05, 0.1) is 18.3 Å². The van der Waals surface area contributed by atoms with E-state index in [0.29, 0.717) is 32.3 Å². The zero-order chi connectivity index (χ0) is 22.9. The Bertz CT molecular complexity index is 650. The summed E-state index contributed by atoms with van der Waals surface area (Å²) >= 11 is 0. The van der Waals surface area contributed by atoms with Gasteiger partial charge in [-0.25, -0.2) is 9.59 Å². The minimum absolute atomic E-state index is 0.0654. The Morgan fingerprint density at radius 3 is 2.26 bits per heavy atom. The van der Waals surface area contributed by atoms with Crippen LogP contribution in [0.25, 0.3) is 0 Å². The van der Waals surface area contributed by atoms with Crippen LogP contribution < -0.4 is 0 Å². The first-order valence-electron chi connectivity index (χ1n) is 11.7. The third kappa shape index (κ3) is 5.04. The van der Waals surface area contributed by atoms with Gasteiger partial charge < -0.3 is 24.1 Å². The zero-order valence-corrected chi connectivity index (χ0v) is 19.8. The first-order chi connectivity index (χ1) is 14.5. The van der Waals surface area contributed by atoms with E-state index in [0.717, 1.165) is 32.4 Å². The molecule has 2 atom stereocenters. The second kappa shape index (κ2) is 9.28. The average molecular weight is 438 g/mol. The summed E-state index contributed by atoms with van der Waals surface area (Å²) in [7, 11) is 1.03. The lowest BCUT2D eigenvalue weighted by atomic mass is 9.78. The van der Waals surface area contributed by atoms with Crippen molar-refractivity contribution in [3.05, 3.63) is 0 Å². The molecular weight excluding hydrogens is 399 g/mol. The molecule has 2 unspecified atom stereocenters. The minimum atomic E-state index is -1.11. The predicted molar refractivity (Wildman–Crippen MR) is 118 cm³/mol. The van der Waals surface area contributed by atoms with Gasteiger partial charge in [0.15, 0.2) is 0 Å². The van der Waals surface area contributed by atoms with E-state index < -0.39 is 17.6 Å². The second-order valence-electron chi connectivity index (χ2n) is 10.4. The van der Waals surface area contributed by atoms with E-state index in [4.69, 9.17) is 14.0 Å². The summed E-state index contributed by atoms with van der Waals surface area (Å²) in [6.07, 6.45) is 4.87. The molecule has 31 heavy (non-hydrogen) atoms. The highest BCUT2D eigenvalue weighted by molar-refractivity contribution is 6.45. The van der Waals surface area contributed by atoms with Crippen molar-refractivity contribution in [1.29, 1.82) is 0 Å². The summed E-state index contributed by atoms with van der Waals surface area (Å²) in [5.74, 6) is -0.374. The van der Waals surface area contributed by atoms with Gasteiger partial charge in [-0.2, -0.15) is 0 Å². The number of piperidine rings is 1. The molecule has 3 aliphatic rings. The molecule has 0 radical (unpaired) electrons. The highest BCUT2D eigenvalue weighted by Crippen LogP contribution is 2.42. The van der Waals surface area contributed by atoms with Crippen LogP contribution in [-0.2, 0) is 18.8 Å². The van der Waals surface area contributed by atoms with Crippen LogP contribution in [-0.4, -0.2) is 84.1 Å². The molecule has 3 aliphatic heterocycles. The predicted octanol–water partition coefficient (Wildman–Crippen LogP) is 3.26. The third-order valence-corrected chi connectivity index (χ3v) is 7.78. The quantitative estimate of drug-likeness (QED) is 0.482. The Morgan fingerprint density at radius 2 is 1.71 bits per heavy atom. The van der Waals surface area contributed by atoms with Gasteiger partial charge in [0, 0.05) is 13.1 Å². The van der Waals surface area contributed by atoms with E-state index in [1.54, 1.807) is 0 Å². The van der Waals surface area contributed by atoms with Crippen molar-refractivity contribution >= 4 is 19.2 Å². The van der Waals surface area contributed by atoms with Gasteiger partial charge in [0.25, 0.3) is 0 Å². The van der Waals surface area contributed by atoms with Crippen LogP contribution in [0, 0.1) is 5.92 Å². The van der Waals surface area contributed by atoms with Crippen LogP contribution in [0.3, 0.4) is 0 Å². The van der Waals surface area contributed by atoms with Gasteiger partial charge in [-0.05, 0) is 78.7 Å². The Kier molecular flexibility index (Phi) is 7.28. The molecule has 3 saturated heterocycles. The summed E-state index contributed by atoms with van der Waals surface area (Å²) in [6, 6.07) is 0. The number of nitrogens with zero attached hydrogens (tertiary/aromatic N) is 2. The zero-order valence-electron chi connectivity index (χ0n) is 19.8. The molecule has 176 valence electrons. The number of carbonyl (C=O) groups excluding carboxylic acids is 1. The summed E-state index contributed by atoms with van der Waals surface area (Å²) in [5.41, 5.74) is -1.88. The highest BCUT2D eigenvalue weighted by atomic mass is 16.7. The van der Waals surface area contributed by atoms with Crippen molar-refractivity contribution in [3.63, 3.8) is 0 Å². The lowest BCUT2D eigenvalue weighted by Gasteiger charge is -2.36. The fourth-order valence-electron chi connectivity index (χ4n) is 5.24. The molecule has 0 aromatic carbocycles. The molecule has 1 N–H and O–H groups in total. The number of esters is 1. The Hall–Kier alpha value is -1.32. The molecule has 0 aliphatic carbocycles. The maximum Gasteiger partial charge on any atom is 0.457 e. The van der Waals surface area contributed by atoms with E-state index in [1.165, 1.54) is 18.4 Å². The van der Waals surface area contributed by atoms with Crippen molar-refractivity contribution in [3.8, 4) is 0 Å². The van der Waals surface area contributed by atoms with Crippen LogP contribution in [0.2, 0.25) is 6.32 Å². The molecule has 0 aromatic heterocycles. The molecule has 0 spiro atoms. The lowest BCUT2D eigenvalue weighted by molar-refractivity contribution is -0.153. The average Bonchev–Trinajstić information content (AvgIpc) is 3.19. The lowest BCUT2D eigenvalue weighted by Crippen LogP contribution is -2.54. The van der Waals surface area contributed by atoms with Gasteiger partial charge in [0.2, 0.25) is 0 Å². The summed E-state index contributed by atoms with van der Waals surface area (Å²) in [6.45, 7) is 11.2. The van der Waals surface area contributed by atoms with Gasteiger partial charge in [0.1, 0.15) is 5.54 Å². The van der Waals surface area contributed by atoms with Crippen molar-refractivity contribution in [2.45, 2.75) is 89.3 Å². The molecule has 3 rings (SSSR count). The topological polar surface area (TPSA) is 88.5 Å². The summed E-state index contributed by atoms with van der Waals surface area (Å²) in [5, 5.41) is 9.92. The summed E-state index contributed by atoms with van der Waals surface area (Å²) in [4.78, 5) is 28.7. The monoisotopic (exact) mass is 438 g/mol. The minimum Gasteiger partial charge on any atom is -0.467 e. The standard InChI is InChI=1S/C22H39BN2O6/c1-20(2)21(3,4)31-23(30-20)11-9-17-15-22(18(26)29-5,25(16-17)19(27)28)10-14-24-12-7-6-8-13-24/h17H,6-16H2,1-5H3,(H,27,28). The first kappa shape index (κ1) is 24.3. The van der Waals surface area contributed by atoms with Gasteiger partial charge in [-0.15, -0.1) is 0 Å². The molecule has 0 aromatic rings. The van der Waals surface area contributed by atoms with Crippen LogP contribution in [0.4, 0.5) is 4.79 Å². The number of hydrogen-bond acceptors (Lipinski definition) is 6. The Labute approximate surface area is 186 Å². The SMILES string of the molecule is COC(=O)C1(CCN2CCCCC2)CC(CCB2OC(C)(C)C(C)(C)O2)CN1C(=O)O. The molecule has 0 bridgehead atoms. The number of methoxy groups -OCH3 is 1.